The minimum absolute atomic E-state index is 0.238. The predicted molar refractivity (Wildman–Crippen MR) is 126 cm³/mol. The lowest BCUT2D eigenvalue weighted by molar-refractivity contribution is 0.102. The molecule has 32 heavy (non-hydrogen) atoms. The maximum Gasteiger partial charge on any atom is 0.275 e. The molecule has 5 N–H and O–H groups in total. The second kappa shape index (κ2) is 8.93. The number of nitrogens with zero attached hydrogens (tertiary/aromatic N) is 4. The van der Waals surface area contributed by atoms with Crippen molar-refractivity contribution in [3.63, 3.8) is 0 Å². The molecule has 1 aliphatic heterocycles. The number of nitrogens with one attached hydrogen (secondary N) is 3. The van der Waals surface area contributed by atoms with Crippen LogP contribution in [0.15, 0.2) is 48.4 Å². The Labute approximate surface area is 189 Å². The van der Waals surface area contributed by atoms with Crippen molar-refractivity contribution in [2.45, 2.75) is 12.8 Å². The minimum atomic E-state index is -0.238. The molecular weight excluding hydrogens is 424 g/mol. The fourth-order valence-corrected chi connectivity index (χ4v) is 4.76. The van der Waals surface area contributed by atoms with E-state index in [2.05, 4.69) is 47.7 Å². The fraction of sp³-hybridized carbons (Fsp3) is 0.273. The molecule has 0 unspecified atom stereocenters. The van der Waals surface area contributed by atoms with Crippen molar-refractivity contribution in [2.24, 2.45) is 11.7 Å². The Balaban J connectivity index is 1.42. The number of anilines is 2. The number of nitrogens with two attached hydrogens (primary N) is 1. The van der Waals surface area contributed by atoms with Crippen LogP contribution in [-0.4, -0.2) is 50.9 Å². The Morgan fingerprint density at radius 2 is 1.88 bits per heavy atom. The van der Waals surface area contributed by atoms with Gasteiger partial charge in [0.25, 0.3) is 5.91 Å². The fourth-order valence-electron chi connectivity index (χ4n) is 3.97. The van der Waals surface area contributed by atoms with E-state index in [4.69, 9.17) is 5.73 Å². The molecule has 1 aromatic carbocycles. The lowest BCUT2D eigenvalue weighted by atomic mass is 9.96. The molecule has 1 aliphatic rings. The Morgan fingerprint density at radius 3 is 2.56 bits per heavy atom. The topological polar surface area (TPSA) is 129 Å². The van der Waals surface area contributed by atoms with Crippen molar-refractivity contribution >= 4 is 28.6 Å². The first-order chi connectivity index (χ1) is 15.7. The number of aromatic amines is 2. The molecule has 0 aliphatic carbocycles. The zero-order valence-electron chi connectivity index (χ0n) is 17.4. The number of hydrogen-bond acceptors (Lipinski definition) is 7. The maximum absolute atomic E-state index is 13.1. The van der Waals surface area contributed by atoms with Crippen LogP contribution in [0.25, 0.3) is 21.7 Å². The average molecular weight is 449 g/mol. The first-order valence-corrected chi connectivity index (χ1v) is 11.4. The van der Waals surface area contributed by atoms with Crippen LogP contribution in [-0.2, 0) is 0 Å². The van der Waals surface area contributed by atoms with Gasteiger partial charge in [-0.1, -0.05) is 6.07 Å². The predicted octanol–water partition coefficient (Wildman–Crippen LogP) is 3.35. The number of piperidine rings is 1. The van der Waals surface area contributed by atoms with E-state index in [-0.39, 0.29) is 5.91 Å². The molecule has 3 aromatic heterocycles. The molecule has 4 heterocycles. The van der Waals surface area contributed by atoms with E-state index in [9.17, 15) is 4.79 Å². The number of hydrogen-bond donors (Lipinski definition) is 4. The largest absolute Gasteiger partial charge is 0.370 e. The van der Waals surface area contributed by atoms with Gasteiger partial charge in [0.15, 0.2) is 0 Å². The number of rotatable bonds is 6. The summed E-state index contributed by atoms with van der Waals surface area (Å²) in [6, 6.07) is 6.12. The SMILES string of the molecule is NCC1CCN(c2ccc(-c3cn[nH]c3)cc2NC(=O)c2csc(-c3cn[nH]c3)n2)CC1. The number of aromatic nitrogens is 5. The van der Waals surface area contributed by atoms with Crippen LogP contribution in [0.3, 0.4) is 0 Å². The van der Waals surface area contributed by atoms with Crippen molar-refractivity contribution in [2.75, 3.05) is 29.9 Å². The van der Waals surface area contributed by atoms with Crippen molar-refractivity contribution in [3.05, 3.63) is 54.1 Å². The lowest BCUT2D eigenvalue weighted by Crippen LogP contribution is -2.36. The summed E-state index contributed by atoms with van der Waals surface area (Å²) in [7, 11) is 0. The summed E-state index contributed by atoms with van der Waals surface area (Å²) >= 11 is 1.42. The Kier molecular flexibility index (Phi) is 5.70. The highest BCUT2D eigenvalue weighted by Crippen LogP contribution is 2.34. The summed E-state index contributed by atoms with van der Waals surface area (Å²) in [5, 5.41) is 19.2. The van der Waals surface area contributed by atoms with Gasteiger partial charge in [-0.3, -0.25) is 15.0 Å². The molecule has 9 nitrogen and oxygen atoms in total. The number of amides is 1. The smallest absolute Gasteiger partial charge is 0.275 e. The van der Waals surface area contributed by atoms with Crippen LogP contribution in [0.1, 0.15) is 23.3 Å². The molecule has 10 heteroatoms. The quantitative estimate of drug-likeness (QED) is 0.358. The van der Waals surface area contributed by atoms with Crippen LogP contribution in [0, 0.1) is 5.92 Å². The third kappa shape index (κ3) is 4.14. The third-order valence-electron chi connectivity index (χ3n) is 5.85. The molecule has 0 radical (unpaired) electrons. The van der Waals surface area contributed by atoms with Gasteiger partial charge in [0.05, 0.1) is 23.8 Å². The Morgan fingerprint density at radius 1 is 1.12 bits per heavy atom. The molecular formula is C22H24N8OS. The molecule has 1 amide bonds. The standard InChI is InChI=1S/C22H24N8OS/c23-8-14-3-5-30(6-4-14)20-2-1-15(16-9-24-25-10-16)7-18(20)28-21(31)19-13-32-22(29-19)17-11-26-27-12-17/h1-2,7,9-14H,3-6,8,23H2,(H,24,25)(H,26,27)(H,28,31). The Hall–Kier alpha value is -3.50. The number of thiazole rings is 1. The summed E-state index contributed by atoms with van der Waals surface area (Å²) in [6.07, 6.45) is 9.16. The number of benzene rings is 1. The zero-order valence-corrected chi connectivity index (χ0v) is 18.2. The van der Waals surface area contributed by atoms with Gasteiger partial charge < -0.3 is 16.0 Å². The van der Waals surface area contributed by atoms with Crippen molar-refractivity contribution in [1.29, 1.82) is 0 Å². The van der Waals surface area contributed by atoms with E-state index in [0.29, 0.717) is 11.6 Å². The van der Waals surface area contributed by atoms with Crippen molar-refractivity contribution in [1.82, 2.24) is 25.4 Å². The van der Waals surface area contributed by atoms with Gasteiger partial charge in [-0.25, -0.2) is 4.98 Å². The van der Waals surface area contributed by atoms with Gasteiger partial charge in [0.1, 0.15) is 10.7 Å². The highest BCUT2D eigenvalue weighted by Gasteiger charge is 2.22. The lowest BCUT2D eigenvalue weighted by Gasteiger charge is -2.34. The second-order valence-corrected chi connectivity index (χ2v) is 8.72. The van der Waals surface area contributed by atoms with Gasteiger partial charge in [0.2, 0.25) is 0 Å². The van der Waals surface area contributed by atoms with Crippen LogP contribution in [0.2, 0.25) is 0 Å². The summed E-state index contributed by atoms with van der Waals surface area (Å²) in [4.78, 5) is 19.9. The first kappa shape index (κ1) is 20.4. The monoisotopic (exact) mass is 448 g/mol. The van der Waals surface area contributed by atoms with Crippen molar-refractivity contribution < 1.29 is 4.79 Å². The van der Waals surface area contributed by atoms with E-state index >= 15 is 0 Å². The van der Waals surface area contributed by atoms with Gasteiger partial charge in [-0.2, -0.15) is 10.2 Å². The molecule has 0 spiro atoms. The highest BCUT2D eigenvalue weighted by atomic mass is 32.1. The summed E-state index contributed by atoms with van der Waals surface area (Å²) < 4.78 is 0. The zero-order chi connectivity index (χ0) is 21.9. The molecule has 0 bridgehead atoms. The van der Waals surface area contributed by atoms with Gasteiger partial charge in [-0.05, 0) is 43.0 Å². The van der Waals surface area contributed by atoms with E-state index in [1.807, 2.05) is 12.3 Å². The second-order valence-electron chi connectivity index (χ2n) is 7.86. The van der Waals surface area contributed by atoms with Gasteiger partial charge in [0, 0.05) is 42.0 Å². The Bertz CT molecular complexity index is 1180. The first-order valence-electron chi connectivity index (χ1n) is 10.6. The molecule has 4 aromatic rings. The summed E-state index contributed by atoms with van der Waals surface area (Å²) in [6.45, 7) is 2.55. The molecule has 164 valence electrons. The molecule has 1 fully saturated rings. The van der Waals surface area contributed by atoms with Crippen molar-refractivity contribution in [3.8, 4) is 21.7 Å². The van der Waals surface area contributed by atoms with Crippen LogP contribution in [0.4, 0.5) is 11.4 Å². The van der Waals surface area contributed by atoms with E-state index in [0.717, 1.165) is 65.5 Å². The summed E-state index contributed by atoms with van der Waals surface area (Å²) in [5.74, 6) is 0.323. The average Bonchev–Trinajstić information content (AvgIpc) is 3.61. The van der Waals surface area contributed by atoms with E-state index < -0.39 is 0 Å². The van der Waals surface area contributed by atoms with Gasteiger partial charge >= 0.3 is 0 Å². The van der Waals surface area contributed by atoms with Crippen LogP contribution >= 0.6 is 11.3 Å². The summed E-state index contributed by atoms with van der Waals surface area (Å²) in [5.41, 5.74) is 10.8. The maximum atomic E-state index is 13.1. The minimum Gasteiger partial charge on any atom is -0.370 e. The normalized spacial score (nSPS) is 14.6. The molecule has 5 rings (SSSR count). The van der Waals surface area contributed by atoms with E-state index in [1.54, 1.807) is 24.0 Å². The highest BCUT2D eigenvalue weighted by molar-refractivity contribution is 7.13. The number of H-pyrrole nitrogens is 2. The van der Waals surface area contributed by atoms with Crippen LogP contribution < -0.4 is 16.0 Å². The van der Waals surface area contributed by atoms with E-state index in [1.165, 1.54) is 11.3 Å². The number of carbonyl (C=O) groups is 1. The molecule has 1 saturated heterocycles. The van der Waals surface area contributed by atoms with Gasteiger partial charge in [-0.15, -0.1) is 11.3 Å². The molecule has 0 atom stereocenters. The number of carbonyl (C=O) groups excluding carboxylic acids is 1. The third-order valence-corrected chi connectivity index (χ3v) is 6.74. The molecule has 0 saturated carbocycles. The van der Waals surface area contributed by atoms with Crippen LogP contribution in [0.5, 0.6) is 0 Å².